The van der Waals surface area contributed by atoms with Gasteiger partial charge in [-0.05, 0) is 60.9 Å². The number of rotatable bonds is 12. The maximum atomic E-state index is 7.25. The minimum absolute atomic E-state index is 0.482. The third-order valence-electron chi connectivity index (χ3n) is 7.60. The fourth-order valence-electron chi connectivity index (χ4n) is 5.13. The third kappa shape index (κ3) is 4.15. The molecular formula is C20H42O3Si3. The molecule has 0 spiro atoms. The van der Waals surface area contributed by atoms with Crippen LogP contribution in [0.4, 0.5) is 0 Å². The van der Waals surface area contributed by atoms with E-state index in [9.17, 15) is 0 Å². The van der Waals surface area contributed by atoms with Gasteiger partial charge in [0.25, 0.3) is 0 Å². The van der Waals surface area contributed by atoms with E-state index in [0.717, 1.165) is 42.2 Å². The molecule has 0 saturated heterocycles. The molecule has 152 valence electrons. The van der Waals surface area contributed by atoms with Gasteiger partial charge in [-0.3, -0.25) is 0 Å². The predicted molar refractivity (Wildman–Crippen MR) is 118 cm³/mol. The van der Waals surface area contributed by atoms with E-state index in [-0.39, 0.29) is 0 Å². The van der Waals surface area contributed by atoms with Gasteiger partial charge in [0.15, 0.2) is 16.6 Å². The molecule has 3 atom stereocenters. The molecule has 0 aromatic rings. The molecule has 0 aliphatic heterocycles. The van der Waals surface area contributed by atoms with E-state index < -0.39 is 25.4 Å². The Hall–Kier alpha value is 0.271. The molecule has 2 bridgehead atoms. The second kappa shape index (κ2) is 9.18. The molecule has 0 aromatic carbocycles. The van der Waals surface area contributed by atoms with Gasteiger partial charge in [0.2, 0.25) is 0 Å². The SMILES string of the molecule is CC[Si](CC)(CC)O[Si](OC)(O[Si](CC)(CC)CC)C1CC2C=CC1C2. The topological polar surface area (TPSA) is 27.7 Å². The van der Waals surface area contributed by atoms with Gasteiger partial charge in [-0.25, -0.2) is 0 Å². The summed E-state index contributed by atoms with van der Waals surface area (Å²) in [4.78, 5) is 0. The fraction of sp³-hybridized carbons (Fsp3) is 0.900. The lowest BCUT2D eigenvalue weighted by atomic mass is 10.1. The fourth-order valence-corrected chi connectivity index (χ4v) is 20.5. The van der Waals surface area contributed by atoms with Crippen molar-refractivity contribution in [2.45, 2.75) is 96.2 Å². The van der Waals surface area contributed by atoms with Crippen LogP contribution in [0.3, 0.4) is 0 Å². The zero-order chi connectivity index (χ0) is 19.4. The van der Waals surface area contributed by atoms with Crippen LogP contribution >= 0.6 is 0 Å². The van der Waals surface area contributed by atoms with Crippen LogP contribution in [-0.4, -0.2) is 32.5 Å². The highest BCUT2D eigenvalue weighted by Gasteiger charge is 2.61. The molecule has 1 fully saturated rings. The summed E-state index contributed by atoms with van der Waals surface area (Å²) in [6.45, 7) is 13.9. The van der Waals surface area contributed by atoms with Crippen LogP contribution in [0.25, 0.3) is 0 Å². The Kier molecular flexibility index (Phi) is 7.96. The average Bonchev–Trinajstić information content (AvgIpc) is 3.33. The van der Waals surface area contributed by atoms with E-state index in [2.05, 4.69) is 53.7 Å². The molecule has 2 aliphatic rings. The van der Waals surface area contributed by atoms with Crippen molar-refractivity contribution in [1.29, 1.82) is 0 Å². The van der Waals surface area contributed by atoms with Crippen LogP contribution in [0.2, 0.25) is 41.8 Å². The Balaban J connectivity index is 2.43. The minimum atomic E-state index is -2.71. The quantitative estimate of drug-likeness (QED) is 0.266. The van der Waals surface area contributed by atoms with Gasteiger partial charge in [0.05, 0.1) is 0 Å². The van der Waals surface area contributed by atoms with E-state index in [1.54, 1.807) is 0 Å². The first-order valence-corrected chi connectivity index (χ1v) is 17.9. The first-order chi connectivity index (χ1) is 12.4. The Morgan fingerprint density at radius 1 is 0.731 bits per heavy atom. The summed E-state index contributed by atoms with van der Waals surface area (Å²) in [5, 5.41) is 0. The molecule has 0 heterocycles. The van der Waals surface area contributed by atoms with Crippen LogP contribution in [0.5, 0.6) is 0 Å². The number of fused-ring (bicyclic) bond motifs is 2. The Bertz CT molecular complexity index is 436. The van der Waals surface area contributed by atoms with Gasteiger partial charge in [-0.15, -0.1) is 0 Å². The molecule has 1 saturated carbocycles. The molecule has 26 heavy (non-hydrogen) atoms. The van der Waals surface area contributed by atoms with Crippen molar-refractivity contribution >= 4 is 25.4 Å². The molecule has 3 unspecified atom stereocenters. The highest BCUT2D eigenvalue weighted by Crippen LogP contribution is 2.54. The normalized spacial score (nSPS) is 26.0. The minimum Gasteiger partial charge on any atom is -0.415 e. The number of hydrogen-bond acceptors (Lipinski definition) is 3. The number of allylic oxidation sites excluding steroid dienone is 2. The number of hydrogen-bond donors (Lipinski definition) is 0. The van der Waals surface area contributed by atoms with Crippen LogP contribution < -0.4 is 0 Å². The van der Waals surface area contributed by atoms with Gasteiger partial charge in [0.1, 0.15) is 0 Å². The van der Waals surface area contributed by atoms with E-state index in [1.165, 1.54) is 12.8 Å². The second-order valence-corrected chi connectivity index (χ2v) is 21.4. The van der Waals surface area contributed by atoms with Crippen LogP contribution in [0, 0.1) is 11.8 Å². The average molecular weight is 415 g/mol. The molecule has 3 nitrogen and oxygen atoms in total. The van der Waals surface area contributed by atoms with Crippen molar-refractivity contribution in [3.05, 3.63) is 12.2 Å². The van der Waals surface area contributed by atoms with Gasteiger partial charge in [-0.2, -0.15) is 0 Å². The zero-order valence-corrected chi connectivity index (χ0v) is 21.3. The van der Waals surface area contributed by atoms with Crippen LogP contribution in [0.15, 0.2) is 12.2 Å². The van der Waals surface area contributed by atoms with Crippen molar-refractivity contribution in [2.24, 2.45) is 11.8 Å². The lowest BCUT2D eigenvalue weighted by Gasteiger charge is -2.47. The largest absolute Gasteiger partial charge is 0.483 e. The van der Waals surface area contributed by atoms with Gasteiger partial charge < -0.3 is 12.7 Å². The Morgan fingerprint density at radius 2 is 1.19 bits per heavy atom. The van der Waals surface area contributed by atoms with Crippen molar-refractivity contribution in [3.8, 4) is 0 Å². The molecule has 0 radical (unpaired) electrons. The summed E-state index contributed by atoms with van der Waals surface area (Å²) >= 11 is 0. The first-order valence-electron chi connectivity index (χ1n) is 11.0. The monoisotopic (exact) mass is 414 g/mol. The Morgan fingerprint density at radius 3 is 1.46 bits per heavy atom. The molecule has 6 heteroatoms. The molecular weight excluding hydrogens is 372 g/mol. The maximum absolute atomic E-state index is 7.25. The molecule has 0 N–H and O–H groups in total. The summed E-state index contributed by atoms with van der Waals surface area (Å²) < 4.78 is 20.9. The lowest BCUT2D eigenvalue weighted by molar-refractivity contribution is 0.172. The zero-order valence-electron chi connectivity index (χ0n) is 18.3. The first kappa shape index (κ1) is 22.6. The third-order valence-corrected chi connectivity index (χ3v) is 23.2. The smallest absolute Gasteiger partial charge is 0.415 e. The van der Waals surface area contributed by atoms with E-state index in [4.69, 9.17) is 12.7 Å². The summed E-state index contributed by atoms with van der Waals surface area (Å²) in [6, 6.07) is 6.98. The van der Waals surface area contributed by atoms with E-state index in [0.29, 0.717) is 11.5 Å². The van der Waals surface area contributed by atoms with Crippen molar-refractivity contribution < 1.29 is 12.7 Å². The molecule has 0 aromatic heterocycles. The predicted octanol–water partition coefficient (Wildman–Crippen LogP) is 6.58. The molecule has 0 amide bonds. The summed E-state index contributed by atoms with van der Waals surface area (Å²) in [7, 11) is -4.42. The highest BCUT2D eigenvalue weighted by atomic mass is 28.5. The summed E-state index contributed by atoms with van der Waals surface area (Å²) in [5.41, 5.74) is 0.482. The van der Waals surface area contributed by atoms with Crippen molar-refractivity contribution in [2.75, 3.05) is 7.11 Å². The molecule has 2 aliphatic carbocycles. The van der Waals surface area contributed by atoms with Crippen molar-refractivity contribution in [3.63, 3.8) is 0 Å². The standard InChI is InChI=1S/C20H42O3Si3/c1-8-24(9-2,10-3)22-26(21-7,23-25(11-4,12-5)13-6)20-17-18-14-15-19(20)16-18/h14-15,18-20H,8-13,16-17H2,1-7H3. The molecule has 2 rings (SSSR count). The highest BCUT2D eigenvalue weighted by molar-refractivity contribution is 6.88. The van der Waals surface area contributed by atoms with Gasteiger partial charge >= 0.3 is 8.80 Å². The van der Waals surface area contributed by atoms with Crippen LogP contribution in [-0.2, 0) is 12.7 Å². The van der Waals surface area contributed by atoms with E-state index >= 15 is 0 Å². The van der Waals surface area contributed by atoms with Gasteiger partial charge in [-0.1, -0.05) is 53.7 Å². The van der Waals surface area contributed by atoms with Crippen molar-refractivity contribution in [1.82, 2.24) is 0 Å². The Labute approximate surface area is 165 Å². The second-order valence-electron chi connectivity index (χ2n) is 8.39. The maximum Gasteiger partial charge on any atom is 0.483 e. The van der Waals surface area contributed by atoms with Gasteiger partial charge in [0, 0.05) is 12.7 Å². The summed E-state index contributed by atoms with van der Waals surface area (Å²) in [6.07, 6.45) is 7.36. The van der Waals surface area contributed by atoms with Crippen LogP contribution in [0.1, 0.15) is 54.4 Å². The summed E-state index contributed by atoms with van der Waals surface area (Å²) in [5.74, 6) is 1.34. The lowest BCUT2D eigenvalue weighted by Crippen LogP contribution is -2.62. The van der Waals surface area contributed by atoms with E-state index in [1.807, 2.05) is 7.11 Å².